The van der Waals surface area contributed by atoms with Crippen LogP contribution in [0.15, 0.2) is 17.0 Å². The molecule has 2 unspecified atom stereocenters. The zero-order chi connectivity index (χ0) is 15.8. The van der Waals surface area contributed by atoms with Gasteiger partial charge < -0.3 is 4.74 Å². The van der Waals surface area contributed by atoms with Crippen molar-refractivity contribution < 1.29 is 13.2 Å². The quantitative estimate of drug-likeness (QED) is 0.782. The van der Waals surface area contributed by atoms with Gasteiger partial charge in [-0.05, 0) is 43.5 Å². The lowest BCUT2D eigenvalue weighted by atomic mass is 10.1. The van der Waals surface area contributed by atoms with Crippen LogP contribution in [-0.2, 0) is 20.6 Å². The smallest absolute Gasteiger partial charge is 0.243 e. The highest BCUT2D eigenvalue weighted by molar-refractivity contribution is 7.89. The standard InChI is InChI=1S/C14H19Cl2NO3S/c1-9-11(8-15)6-12(16)7-14(9)21(18,19)17(3)13-4-5-20-10(13)2/h6-7,10,13H,4-5,8H2,1-3H3. The van der Waals surface area contributed by atoms with E-state index in [1.807, 2.05) is 6.92 Å². The Balaban J connectivity index is 2.46. The highest BCUT2D eigenvalue weighted by Gasteiger charge is 2.36. The van der Waals surface area contributed by atoms with Gasteiger partial charge in [0, 0.05) is 24.6 Å². The largest absolute Gasteiger partial charge is 0.377 e. The van der Waals surface area contributed by atoms with Crippen LogP contribution < -0.4 is 0 Å². The second-order valence-electron chi connectivity index (χ2n) is 5.27. The number of ether oxygens (including phenoxy) is 1. The fourth-order valence-corrected chi connectivity index (χ4v) is 4.97. The van der Waals surface area contributed by atoms with Crippen LogP contribution in [0.25, 0.3) is 0 Å². The van der Waals surface area contributed by atoms with Gasteiger partial charge in [0.1, 0.15) is 0 Å². The number of sulfonamides is 1. The van der Waals surface area contributed by atoms with Gasteiger partial charge in [-0.25, -0.2) is 8.42 Å². The monoisotopic (exact) mass is 351 g/mol. The molecule has 2 rings (SSSR count). The first-order valence-electron chi connectivity index (χ1n) is 6.73. The van der Waals surface area contributed by atoms with Gasteiger partial charge in [0.15, 0.2) is 0 Å². The summed E-state index contributed by atoms with van der Waals surface area (Å²) in [4.78, 5) is 0.215. The van der Waals surface area contributed by atoms with Gasteiger partial charge in [-0.15, -0.1) is 11.6 Å². The zero-order valence-corrected chi connectivity index (χ0v) is 14.6. The molecule has 1 aliphatic rings. The average molecular weight is 352 g/mol. The second kappa shape index (κ2) is 6.42. The Labute approximate surface area is 136 Å². The molecule has 21 heavy (non-hydrogen) atoms. The van der Waals surface area contributed by atoms with Crippen molar-refractivity contribution in [3.63, 3.8) is 0 Å². The van der Waals surface area contributed by atoms with E-state index in [1.54, 1.807) is 20.0 Å². The van der Waals surface area contributed by atoms with Crippen LogP contribution in [-0.4, -0.2) is 38.5 Å². The number of likely N-dealkylation sites (N-methyl/N-ethyl adjacent to an activating group) is 1. The van der Waals surface area contributed by atoms with E-state index in [0.717, 1.165) is 5.56 Å². The van der Waals surface area contributed by atoms with Crippen LogP contribution in [0.3, 0.4) is 0 Å². The minimum absolute atomic E-state index is 0.114. The SMILES string of the molecule is Cc1c(CCl)cc(Cl)cc1S(=O)(=O)N(C)C1CCOC1C. The minimum Gasteiger partial charge on any atom is -0.377 e. The van der Waals surface area contributed by atoms with Crippen LogP contribution in [0, 0.1) is 6.92 Å². The van der Waals surface area contributed by atoms with E-state index in [1.165, 1.54) is 10.4 Å². The van der Waals surface area contributed by atoms with E-state index in [9.17, 15) is 8.42 Å². The molecule has 1 aromatic rings. The molecule has 1 aromatic carbocycles. The van der Waals surface area contributed by atoms with E-state index < -0.39 is 10.0 Å². The zero-order valence-electron chi connectivity index (χ0n) is 12.3. The van der Waals surface area contributed by atoms with E-state index in [2.05, 4.69) is 0 Å². The lowest BCUT2D eigenvalue weighted by molar-refractivity contribution is 0.102. The third-order valence-corrected chi connectivity index (χ3v) is 6.55. The molecule has 0 saturated carbocycles. The highest BCUT2D eigenvalue weighted by atomic mass is 35.5. The number of rotatable bonds is 4. The van der Waals surface area contributed by atoms with Gasteiger partial charge in [0.25, 0.3) is 0 Å². The number of hydrogen-bond donors (Lipinski definition) is 0. The number of alkyl halides is 1. The van der Waals surface area contributed by atoms with E-state index in [4.69, 9.17) is 27.9 Å². The van der Waals surface area contributed by atoms with E-state index in [-0.39, 0.29) is 22.9 Å². The van der Waals surface area contributed by atoms with Crippen molar-refractivity contribution in [2.24, 2.45) is 0 Å². The van der Waals surface area contributed by atoms with Crippen LogP contribution in [0.5, 0.6) is 0 Å². The Morgan fingerprint density at radius 2 is 2.10 bits per heavy atom. The molecule has 2 atom stereocenters. The fourth-order valence-electron chi connectivity index (χ4n) is 2.65. The molecule has 0 radical (unpaired) electrons. The summed E-state index contributed by atoms with van der Waals surface area (Å²) in [6, 6.07) is 3.02. The first-order valence-corrected chi connectivity index (χ1v) is 9.09. The van der Waals surface area contributed by atoms with Crippen molar-refractivity contribution in [1.82, 2.24) is 4.31 Å². The summed E-state index contributed by atoms with van der Waals surface area (Å²) in [6.45, 7) is 4.22. The number of benzene rings is 1. The van der Waals surface area contributed by atoms with Crippen molar-refractivity contribution in [3.05, 3.63) is 28.3 Å². The maximum atomic E-state index is 12.9. The van der Waals surface area contributed by atoms with Crippen LogP contribution in [0.1, 0.15) is 24.5 Å². The van der Waals surface area contributed by atoms with Gasteiger partial charge in [0.2, 0.25) is 10.0 Å². The molecule has 0 aliphatic carbocycles. The van der Waals surface area contributed by atoms with Crippen molar-refractivity contribution in [2.75, 3.05) is 13.7 Å². The molecule has 7 heteroatoms. The minimum atomic E-state index is -3.63. The third-order valence-electron chi connectivity index (χ3n) is 4.04. The predicted octanol–water partition coefficient (Wildman–Crippen LogP) is 3.19. The summed E-state index contributed by atoms with van der Waals surface area (Å²) in [5.41, 5.74) is 1.37. The first kappa shape index (κ1) is 17.0. The Morgan fingerprint density at radius 1 is 1.43 bits per heavy atom. The maximum absolute atomic E-state index is 12.9. The van der Waals surface area contributed by atoms with Gasteiger partial charge in [-0.3, -0.25) is 0 Å². The molecule has 1 saturated heterocycles. The molecule has 118 valence electrons. The Kier molecular flexibility index (Phi) is 5.21. The van der Waals surface area contributed by atoms with Crippen LogP contribution >= 0.6 is 23.2 Å². The molecule has 0 amide bonds. The van der Waals surface area contributed by atoms with Gasteiger partial charge in [-0.2, -0.15) is 4.31 Å². The maximum Gasteiger partial charge on any atom is 0.243 e. The molecular weight excluding hydrogens is 333 g/mol. The molecule has 0 N–H and O–H groups in total. The molecular formula is C14H19Cl2NO3S. The second-order valence-corrected chi connectivity index (χ2v) is 7.94. The fraction of sp³-hybridized carbons (Fsp3) is 0.571. The third kappa shape index (κ3) is 3.22. The Morgan fingerprint density at radius 3 is 2.62 bits per heavy atom. The summed E-state index contributed by atoms with van der Waals surface area (Å²) in [5, 5.41) is 0.374. The highest BCUT2D eigenvalue weighted by Crippen LogP contribution is 2.30. The molecule has 0 bridgehead atoms. The number of halogens is 2. The topological polar surface area (TPSA) is 46.6 Å². The molecule has 4 nitrogen and oxygen atoms in total. The van der Waals surface area contributed by atoms with Crippen molar-refractivity contribution in [2.45, 2.75) is 43.2 Å². The van der Waals surface area contributed by atoms with Gasteiger partial charge in [-0.1, -0.05) is 11.6 Å². The number of nitrogens with zero attached hydrogens (tertiary/aromatic N) is 1. The molecule has 1 fully saturated rings. The van der Waals surface area contributed by atoms with Gasteiger partial charge >= 0.3 is 0 Å². The Hall–Kier alpha value is -0.330. The predicted molar refractivity (Wildman–Crippen MR) is 84.5 cm³/mol. The lowest BCUT2D eigenvalue weighted by Crippen LogP contribution is -2.41. The summed E-state index contributed by atoms with van der Waals surface area (Å²) in [7, 11) is -2.04. The van der Waals surface area contributed by atoms with Crippen LogP contribution in [0.2, 0.25) is 5.02 Å². The lowest BCUT2D eigenvalue weighted by Gasteiger charge is -2.27. The first-order chi connectivity index (χ1) is 9.78. The summed E-state index contributed by atoms with van der Waals surface area (Å²) >= 11 is 11.9. The summed E-state index contributed by atoms with van der Waals surface area (Å²) < 4.78 is 32.6. The van der Waals surface area contributed by atoms with Crippen molar-refractivity contribution in [1.29, 1.82) is 0 Å². The number of hydrogen-bond acceptors (Lipinski definition) is 3. The van der Waals surface area contributed by atoms with Crippen molar-refractivity contribution in [3.8, 4) is 0 Å². The summed E-state index contributed by atoms with van der Waals surface area (Å²) in [6.07, 6.45) is 0.579. The van der Waals surface area contributed by atoms with E-state index in [0.29, 0.717) is 23.6 Å². The average Bonchev–Trinajstić information content (AvgIpc) is 2.85. The van der Waals surface area contributed by atoms with Crippen molar-refractivity contribution >= 4 is 33.2 Å². The summed E-state index contributed by atoms with van der Waals surface area (Å²) in [5.74, 6) is 0.224. The molecule has 1 heterocycles. The van der Waals surface area contributed by atoms with E-state index >= 15 is 0 Å². The molecule has 0 spiro atoms. The molecule has 0 aromatic heterocycles. The van der Waals surface area contributed by atoms with Gasteiger partial charge in [0.05, 0.1) is 17.0 Å². The normalized spacial score (nSPS) is 23.0. The molecule has 1 aliphatic heterocycles. The van der Waals surface area contributed by atoms with Crippen LogP contribution in [0.4, 0.5) is 0 Å². The Bertz CT molecular complexity index is 633.